The van der Waals surface area contributed by atoms with Crippen molar-refractivity contribution in [2.75, 3.05) is 11.9 Å². The van der Waals surface area contributed by atoms with Crippen LogP contribution in [0.25, 0.3) is 10.9 Å². The fourth-order valence-corrected chi connectivity index (χ4v) is 2.47. The summed E-state index contributed by atoms with van der Waals surface area (Å²) in [6, 6.07) is 18.0. The lowest BCUT2D eigenvalue weighted by atomic mass is 10.0. The fraction of sp³-hybridized carbons (Fsp3) is 0.167. The van der Waals surface area contributed by atoms with Crippen LogP contribution in [0.1, 0.15) is 17.2 Å². The maximum absolute atomic E-state index is 9.73. The van der Waals surface area contributed by atoms with Gasteiger partial charge in [-0.1, -0.05) is 30.3 Å². The second-order valence-electron chi connectivity index (χ2n) is 5.15. The van der Waals surface area contributed by atoms with Gasteiger partial charge >= 0.3 is 0 Å². The Balaban J connectivity index is 1.93. The van der Waals surface area contributed by atoms with Crippen LogP contribution in [0.3, 0.4) is 0 Å². The van der Waals surface area contributed by atoms with E-state index in [0.717, 1.165) is 22.2 Å². The normalized spacial score (nSPS) is 12.3. The number of hydrogen-bond donors (Lipinski definition) is 2. The number of nitrogens with zero attached hydrogens (tertiary/aromatic N) is 1. The molecule has 0 aliphatic rings. The molecule has 2 N–H and O–H groups in total. The molecule has 3 heteroatoms. The Morgan fingerprint density at radius 1 is 1.10 bits per heavy atom. The molecule has 106 valence electrons. The van der Waals surface area contributed by atoms with E-state index in [0.29, 0.717) is 0 Å². The number of pyridine rings is 1. The monoisotopic (exact) mass is 278 g/mol. The standard InChI is InChI=1S/C18H18N2O/c1-13-5-2-3-7-16(13)20-18(12-21)15-8-9-17-14(11-15)6-4-10-19-17/h2-11,18,20-21H,12H2,1H3. The van der Waals surface area contributed by atoms with Gasteiger partial charge in [0.15, 0.2) is 0 Å². The van der Waals surface area contributed by atoms with Crippen LogP contribution in [0.5, 0.6) is 0 Å². The van der Waals surface area contributed by atoms with Crippen LogP contribution in [0.4, 0.5) is 5.69 Å². The number of aliphatic hydroxyl groups is 1. The Morgan fingerprint density at radius 3 is 2.76 bits per heavy atom. The highest BCUT2D eigenvalue weighted by Gasteiger charge is 2.11. The van der Waals surface area contributed by atoms with Crippen LogP contribution in [-0.4, -0.2) is 16.7 Å². The second-order valence-corrected chi connectivity index (χ2v) is 5.15. The van der Waals surface area contributed by atoms with Gasteiger partial charge in [-0.3, -0.25) is 4.98 Å². The van der Waals surface area contributed by atoms with Crippen LogP contribution < -0.4 is 5.32 Å². The number of fused-ring (bicyclic) bond motifs is 1. The predicted molar refractivity (Wildman–Crippen MR) is 86.4 cm³/mol. The van der Waals surface area contributed by atoms with E-state index < -0.39 is 0 Å². The molecule has 1 atom stereocenters. The zero-order valence-corrected chi connectivity index (χ0v) is 12.0. The summed E-state index contributed by atoms with van der Waals surface area (Å²) >= 11 is 0. The zero-order valence-electron chi connectivity index (χ0n) is 12.0. The quantitative estimate of drug-likeness (QED) is 0.765. The minimum absolute atomic E-state index is 0.0418. The average Bonchev–Trinajstić information content (AvgIpc) is 2.54. The summed E-state index contributed by atoms with van der Waals surface area (Å²) < 4.78 is 0. The molecule has 1 aromatic heterocycles. The van der Waals surface area contributed by atoms with Gasteiger partial charge in [-0.2, -0.15) is 0 Å². The average molecular weight is 278 g/mol. The molecule has 0 saturated heterocycles. The van der Waals surface area contributed by atoms with E-state index in [9.17, 15) is 5.11 Å². The summed E-state index contributed by atoms with van der Waals surface area (Å²) in [6.45, 7) is 2.10. The van der Waals surface area contributed by atoms with Crippen LogP contribution >= 0.6 is 0 Å². The number of aryl methyl sites for hydroxylation is 1. The summed E-state index contributed by atoms with van der Waals surface area (Å²) in [4.78, 5) is 4.32. The third kappa shape index (κ3) is 2.88. The molecule has 21 heavy (non-hydrogen) atoms. The zero-order chi connectivity index (χ0) is 14.7. The van der Waals surface area contributed by atoms with Gasteiger partial charge in [0.25, 0.3) is 0 Å². The molecular weight excluding hydrogens is 260 g/mol. The van der Waals surface area contributed by atoms with Crippen molar-refractivity contribution >= 4 is 16.6 Å². The number of anilines is 1. The molecule has 1 unspecified atom stereocenters. The smallest absolute Gasteiger partial charge is 0.0745 e. The van der Waals surface area contributed by atoms with Gasteiger partial charge in [0.05, 0.1) is 18.2 Å². The van der Waals surface area contributed by atoms with Gasteiger partial charge in [-0.15, -0.1) is 0 Å². The molecule has 0 aliphatic carbocycles. The van der Waals surface area contributed by atoms with Crippen molar-refractivity contribution in [3.05, 3.63) is 71.9 Å². The van der Waals surface area contributed by atoms with Crippen molar-refractivity contribution in [2.45, 2.75) is 13.0 Å². The largest absolute Gasteiger partial charge is 0.394 e. The molecule has 2 aromatic carbocycles. The van der Waals surface area contributed by atoms with E-state index >= 15 is 0 Å². The number of aliphatic hydroxyl groups excluding tert-OH is 1. The maximum atomic E-state index is 9.73. The van der Waals surface area contributed by atoms with Gasteiger partial charge in [0, 0.05) is 17.3 Å². The summed E-state index contributed by atoms with van der Waals surface area (Å²) in [5.74, 6) is 0. The van der Waals surface area contributed by atoms with E-state index in [1.807, 2.05) is 42.5 Å². The summed E-state index contributed by atoms with van der Waals surface area (Å²) in [6.07, 6.45) is 1.79. The number of rotatable bonds is 4. The van der Waals surface area contributed by atoms with Gasteiger partial charge < -0.3 is 10.4 Å². The van der Waals surface area contributed by atoms with Crippen molar-refractivity contribution in [3.8, 4) is 0 Å². The SMILES string of the molecule is Cc1ccccc1NC(CO)c1ccc2ncccc2c1. The van der Waals surface area contributed by atoms with Crippen LogP contribution in [0.2, 0.25) is 0 Å². The van der Waals surface area contributed by atoms with Gasteiger partial charge in [-0.25, -0.2) is 0 Å². The molecule has 0 radical (unpaired) electrons. The highest BCUT2D eigenvalue weighted by molar-refractivity contribution is 5.79. The lowest BCUT2D eigenvalue weighted by molar-refractivity contribution is 0.276. The number of para-hydroxylation sites is 1. The molecule has 1 heterocycles. The maximum Gasteiger partial charge on any atom is 0.0745 e. The van der Waals surface area contributed by atoms with Crippen molar-refractivity contribution in [1.29, 1.82) is 0 Å². The number of benzene rings is 2. The minimum Gasteiger partial charge on any atom is -0.394 e. The van der Waals surface area contributed by atoms with Crippen LogP contribution in [0, 0.1) is 6.92 Å². The van der Waals surface area contributed by atoms with Crippen LogP contribution in [-0.2, 0) is 0 Å². The molecule has 0 bridgehead atoms. The van der Waals surface area contributed by atoms with Gasteiger partial charge in [0.2, 0.25) is 0 Å². The lowest BCUT2D eigenvalue weighted by Gasteiger charge is -2.20. The lowest BCUT2D eigenvalue weighted by Crippen LogP contribution is -2.15. The highest BCUT2D eigenvalue weighted by atomic mass is 16.3. The highest BCUT2D eigenvalue weighted by Crippen LogP contribution is 2.24. The Morgan fingerprint density at radius 2 is 1.95 bits per heavy atom. The third-order valence-electron chi connectivity index (χ3n) is 3.69. The van der Waals surface area contributed by atoms with Crippen molar-refractivity contribution in [3.63, 3.8) is 0 Å². The molecular formula is C18H18N2O. The Labute approximate surface area is 124 Å². The number of nitrogens with one attached hydrogen (secondary N) is 1. The van der Waals surface area contributed by atoms with Crippen LogP contribution in [0.15, 0.2) is 60.8 Å². The Kier molecular flexibility index (Phi) is 3.84. The molecule has 0 aliphatic heterocycles. The number of aromatic nitrogens is 1. The first kappa shape index (κ1) is 13.6. The van der Waals surface area contributed by atoms with E-state index in [1.165, 1.54) is 5.56 Å². The van der Waals surface area contributed by atoms with Gasteiger partial charge in [-0.05, 0) is 42.3 Å². The number of hydrogen-bond acceptors (Lipinski definition) is 3. The van der Waals surface area contributed by atoms with E-state index in [4.69, 9.17) is 0 Å². The van der Waals surface area contributed by atoms with Gasteiger partial charge in [0.1, 0.15) is 0 Å². The molecule has 0 amide bonds. The molecule has 3 aromatic rings. The predicted octanol–water partition coefficient (Wildman–Crippen LogP) is 3.69. The molecule has 0 fully saturated rings. The summed E-state index contributed by atoms with van der Waals surface area (Å²) in [7, 11) is 0. The van der Waals surface area contributed by atoms with Crippen molar-refractivity contribution in [1.82, 2.24) is 4.98 Å². The van der Waals surface area contributed by atoms with E-state index in [2.05, 4.69) is 29.4 Å². The van der Waals surface area contributed by atoms with E-state index in [-0.39, 0.29) is 12.6 Å². The Bertz CT molecular complexity index is 755. The minimum atomic E-state index is -0.129. The summed E-state index contributed by atoms with van der Waals surface area (Å²) in [5.41, 5.74) is 4.23. The first-order valence-electron chi connectivity index (χ1n) is 7.05. The first-order chi connectivity index (χ1) is 10.3. The van der Waals surface area contributed by atoms with Crippen molar-refractivity contribution in [2.24, 2.45) is 0 Å². The van der Waals surface area contributed by atoms with Crippen molar-refractivity contribution < 1.29 is 5.11 Å². The fourth-order valence-electron chi connectivity index (χ4n) is 2.47. The molecule has 0 spiro atoms. The second kappa shape index (κ2) is 5.94. The molecule has 3 nitrogen and oxygen atoms in total. The molecule has 0 saturated carbocycles. The first-order valence-corrected chi connectivity index (χ1v) is 7.05. The van der Waals surface area contributed by atoms with E-state index in [1.54, 1.807) is 6.20 Å². The Hall–Kier alpha value is -2.39. The topological polar surface area (TPSA) is 45.1 Å². The summed E-state index contributed by atoms with van der Waals surface area (Å²) in [5, 5.41) is 14.2. The third-order valence-corrected chi connectivity index (χ3v) is 3.69. The molecule has 3 rings (SSSR count).